The van der Waals surface area contributed by atoms with Crippen molar-refractivity contribution >= 4 is 5.91 Å². The van der Waals surface area contributed by atoms with E-state index in [1.165, 1.54) is 0 Å². The molecule has 3 rings (SSSR count). The van der Waals surface area contributed by atoms with E-state index in [1.807, 2.05) is 6.07 Å². The number of H-pyrrole nitrogens is 1. The number of hydrogen-bond donors (Lipinski definition) is 2. The zero-order valence-electron chi connectivity index (χ0n) is 11.4. The van der Waals surface area contributed by atoms with E-state index in [0.717, 1.165) is 44.7 Å². The van der Waals surface area contributed by atoms with E-state index in [-0.39, 0.29) is 5.92 Å². The number of piperidine rings is 1. The molecule has 0 saturated carbocycles. The van der Waals surface area contributed by atoms with Gasteiger partial charge in [0.25, 0.3) is 0 Å². The van der Waals surface area contributed by atoms with Crippen molar-refractivity contribution in [3.05, 3.63) is 18.0 Å². The quantitative estimate of drug-likeness (QED) is 0.835. The molecule has 2 saturated heterocycles. The van der Waals surface area contributed by atoms with Crippen LogP contribution in [-0.4, -0.2) is 47.2 Å². The Kier molecular flexibility index (Phi) is 3.55. The summed E-state index contributed by atoms with van der Waals surface area (Å²) in [4.78, 5) is 14.6. The van der Waals surface area contributed by atoms with Crippen molar-refractivity contribution in [2.45, 2.75) is 25.7 Å². The highest BCUT2D eigenvalue weighted by molar-refractivity contribution is 5.80. The maximum Gasteiger partial charge on any atom is 0.227 e. The van der Waals surface area contributed by atoms with Crippen LogP contribution in [0.1, 0.15) is 31.4 Å². The monoisotopic (exact) mass is 262 g/mol. The van der Waals surface area contributed by atoms with Gasteiger partial charge in [0.05, 0.1) is 5.92 Å². The van der Waals surface area contributed by atoms with Crippen LogP contribution in [0.15, 0.2) is 12.3 Å². The van der Waals surface area contributed by atoms with Crippen LogP contribution < -0.4 is 5.32 Å². The molecular weight excluding hydrogens is 240 g/mol. The molecule has 0 bridgehead atoms. The summed E-state index contributed by atoms with van der Waals surface area (Å²) < 4.78 is 0. The van der Waals surface area contributed by atoms with Gasteiger partial charge in [-0.3, -0.25) is 9.89 Å². The van der Waals surface area contributed by atoms with Crippen molar-refractivity contribution in [3.8, 4) is 0 Å². The minimum atomic E-state index is 0.167. The van der Waals surface area contributed by atoms with E-state index >= 15 is 0 Å². The molecule has 3 atom stereocenters. The first kappa shape index (κ1) is 12.7. The summed E-state index contributed by atoms with van der Waals surface area (Å²) in [5.41, 5.74) is 1.16. The summed E-state index contributed by atoms with van der Waals surface area (Å²) in [5.74, 6) is 1.38. The summed E-state index contributed by atoms with van der Waals surface area (Å²) in [6.07, 6.45) is 4.02. The Morgan fingerprint density at radius 2 is 2.37 bits per heavy atom. The largest absolute Gasteiger partial charge is 0.342 e. The Balaban J connectivity index is 1.66. The molecule has 3 unspecified atom stereocenters. The fraction of sp³-hybridized carbons (Fsp3) is 0.714. The van der Waals surface area contributed by atoms with Crippen LogP contribution in [0.2, 0.25) is 0 Å². The average Bonchev–Trinajstić information content (AvgIpc) is 3.09. The third-order valence-electron chi connectivity index (χ3n) is 4.53. The van der Waals surface area contributed by atoms with Gasteiger partial charge in [0, 0.05) is 37.4 Å². The van der Waals surface area contributed by atoms with Crippen molar-refractivity contribution in [1.82, 2.24) is 20.4 Å². The lowest BCUT2D eigenvalue weighted by Crippen LogP contribution is -2.44. The minimum absolute atomic E-state index is 0.167. The number of amides is 1. The highest BCUT2D eigenvalue weighted by Gasteiger charge is 2.35. The van der Waals surface area contributed by atoms with Crippen molar-refractivity contribution in [2.24, 2.45) is 11.8 Å². The van der Waals surface area contributed by atoms with Crippen molar-refractivity contribution in [1.29, 1.82) is 0 Å². The second kappa shape index (κ2) is 5.33. The topological polar surface area (TPSA) is 61.0 Å². The highest BCUT2D eigenvalue weighted by atomic mass is 16.2. The third kappa shape index (κ3) is 2.52. The van der Waals surface area contributed by atoms with Crippen LogP contribution in [0.4, 0.5) is 0 Å². The maximum atomic E-state index is 12.6. The number of aromatic amines is 1. The lowest BCUT2D eigenvalue weighted by atomic mass is 9.91. The average molecular weight is 262 g/mol. The minimum Gasteiger partial charge on any atom is -0.342 e. The first-order chi connectivity index (χ1) is 9.25. The van der Waals surface area contributed by atoms with Gasteiger partial charge in [0.2, 0.25) is 5.91 Å². The van der Waals surface area contributed by atoms with Crippen molar-refractivity contribution in [3.63, 3.8) is 0 Å². The smallest absolute Gasteiger partial charge is 0.227 e. The van der Waals surface area contributed by atoms with Gasteiger partial charge in [0.1, 0.15) is 0 Å². The van der Waals surface area contributed by atoms with E-state index < -0.39 is 0 Å². The molecule has 1 aromatic heterocycles. The van der Waals surface area contributed by atoms with Gasteiger partial charge in [-0.05, 0) is 31.4 Å². The molecule has 0 aliphatic carbocycles. The molecule has 2 aliphatic heterocycles. The maximum absolute atomic E-state index is 12.6. The molecule has 5 nitrogen and oxygen atoms in total. The predicted molar refractivity (Wildman–Crippen MR) is 72.7 cm³/mol. The Labute approximate surface area is 113 Å². The number of rotatable bonds is 2. The lowest BCUT2D eigenvalue weighted by molar-refractivity contribution is -0.137. The predicted octanol–water partition coefficient (Wildman–Crippen LogP) is 0.971. The van der Waals surface area contributed by atoms with Gasteiger partial charge in [-0.1, -0.05) is 6.92 Å². The van der Waals surface area contributed by atoms with Gasteiger partial charge >= 0.3 is 0 Å². The Bertz CT molecular complexity index is 431. The number of hydrogen-bond acceptors (Lipinski definition) is 3. The first-order valence-electron chi connectivity index (χ1n) is 7.24. The number of nitrogens with one attached hydrogen (secondary N) is 2. The fourth-order valence-corrected chi connectivity index (χ4v) is 3.30. The summed E-state index contributed by atoms with van der Waals surface area (Å²) in [5, 5.41) is 10.4. The Hall–Kier alpha value is -1.36. The molecule has 3 heterocycles. The van der Waals surface area contributed by atoms with E-state index in [0.29, 0.717) is 17.7 Å². The van der Waals surface area contributed by atoms with Gasteiger partial charge in [0.15, 0.2) is 0 Å². The fourth-order valence-electron chi connectivity index (χ4n) is 3.30. The molecule has 2 N–H and O–H groups in total. The number of aromatic nitrogens is 2. The molecule has 1 aromatic rings. The van der Waals surface area contributed by atoms with Gasteiger partial charge < -0.3 is 10.2 Å². The molecular formula is C14H22N4O. The Morgan fingerprint density at radius 3 is 3.05 bits per heavy atom. The van der Waals surface area contributed by atoms with Crippen molar-refractivity contribution in [2.75, 3.05) is 26.2 Å². The highest BCUT2D eigenvalue weighted by Crippen LogP contribution is 2.28. The number of carbonyl (C=O) groups is 1. The van der Waals surface area contributed by atoms with Crippen LogP contribution in [0, 0.1) is 11.8 Å². The first-order valence-corrected chi connectivity index (χ1v) is 7.24. The molecule has 2 aliphatic rings. The van der Waals surface area contributed by atoms with Gasteiger partial charge in [-0.2, -0.15) is 5.10 Å². The third-order valence-corrected chi connectivity index (χ3v) is 4.53. The number of carbonyl (C=O) groups excluding carboxylic acids is 1. The SMILES string of the molecule is CC1CNCC1C(=O)N1CCCC(c2ccn[nH]2)C1. The van der Waals surface area contributed by atoms with Crippen LogP contribution in [0.5, 0.6) is 0 Å². The van der Waals surface area contributed by atoms with Gasteiger partial charge in [-0.25, -0.2) is 0 Å². The molecule has 104 valence electrons. The molecule has 0 spiro atoms. The summed E-state index contributed by atoms with van der Waals surface area (Å²) in [6.45, 7) is 5.72. The normalized spacial score (nSPS) is 31.6. The molecule has 5 heteroatoms. The second-order valence-electron chi connectivity index (χ2n) is 5.88. The van der Waals surface area contributed by atoms with E-state index in [1.54, 1.807) is 6.20 Å². The molecule has 1 amide bonds. The molecule has 0 aromatic carbocycles. The van der Waals surface area contributed by atoms with E-state index in [2.05, 4.69) is 27.3 Å². The van der Waals surface area contributed by atoms with E-state index in [9.17, 15) is 4.79 Å². The molecule has 2 fully saturated rings. The van der Waals surface area contributed by atoms with Gasteiger partial charge in [-0.15, -0.1) is 0 Å². The van der Waals surface area contributed by atoms with E-state index in [4.69, 9.17) is 0 Å². The standard InChI is InChI=1S/C14H22N4O/c1-10-7-15-8-12(10)14(19)18-6-2-3-11(9-18)13-4-5-16-17-13/h4-5,10-12,15H,2-3,6-9H2,1H3,(H,16,17). The summed E-state index contributed by atoms with van der Waals surface area (Å²) in [6, 6.07) is 2.03. The molecule has 0 radical (unpaired) electrons. The van der Waals surface area contributed by atoms with Crippen molar-refractivity contribution < 1.29 is 4.79 Å². The summed E-state index contributed by atoms with van der Waals surface area (Å²) in [7, 11) is 0. The number of nitrogens with zero attached hydrogens (tertiary/aromatic N) is 2. The van der Waals surface area contributed by atoms with Crippen LogP contribution in [0.25, 0.3) is 0 Å². The Morgan fingerprint density at radius 1 is 1.47 bits per heavy atom. The lowest BCUT2D eigenvalue weighted by Gasteiger charge is -2.34. The van der Waals surface area contributed by atoms with Crippen LogP contribution >= 0.6 is 0 Å². The van der Waals surface area contributed by atoms with Crippen LogP contribution in [0.3, 0.4) is 0 Å². The summed E-state index contributed by atoms with van der Waals surface area (Å²) >= 11 is 0. The number of likely N-dealkylation sites (tertiary alicyclic amines) is 1. The second-order valence-corrected chi connectivity index (χ2v) is 5.88. The zero-order chi connectivity index (χ0) is 13.2. The van der Waals surface area contributed by atoms with Crippen LogP contribution in [-0.2, 0) is 4.79 Å². The zero-order valence-corrected chi connectivity index (χ0v) is 11.4. The molecule has 19 heavy (non-hydrogen) atoms.